The number of aromatic nitrogens is 1. The number of nitrogens with zero attached hydrogens (tertiary/aromatic N) is 2. The fraction of sp³-hybridized carbons (Fsp3) is 0.588. The predicted molar refractivity (Wildman–Crippen MR) is 249 cm³/mol. The van der Waals surface area contributed by atoms with Gasteiger partial charge in [-0.3, -0.25) is 23.9 Å². The molecule has 2 aromatic carbocycles. The molecule has 7 rings (SSSR count). The molecule has 2 saturated carbocycles. The summed E-state index contributed by atoms with van der Waals surface area (Å²) in [5.74, 6) is -4.42. The Balaban J connectivity index is 1.28. The predicted octanol–water partition coefficient (Wildman–Crippen LogP) is 9.14. The first-order chi connectivity index (χ1) is 32.0. The van der Waals surface area contributed by atoms with Crippen LogP contribution in [0.1, 0.15) is 113 Å². The van der Waals surface area contributed by atoms with E-state index in [0.29, 0.717) is 72.2 Å². The summed E-state index contributed by atoms with van der Waals surface area (Å²) < 4.78 is 94.5. The summed E-state index contributed by atoms with van der Waals surface area (Å²) in [6, 6.07) is 10.1. The summed E-state index contributed by atoms with van der Waals surface area (Å²) in [5.41, 5.74) is -2.33. The number of ether oxygens (including phenoxy) is 4. The number of benzene rings is 2. The smallest absolute Gasteiger partial charge is 0.307 e. The first-order valence-corrected chi connectivity index (χ1v) is 25.2. The highest BCUT2D eigenvalue weighted by Gasteiger charge is 2.63. The number of methoxy groups -OCH3 is 1. The van der Waals surface area contributed by atoms with Gasteiger partial charge in [0.15, 0.2) is 23.0 Å². The van der Waals surface area contributed by atoms with Gasteiger partial charge in [-0.2, -0.15) is 0 Å². The van der Waals surface area contributed by atoms with Crippen molar-refractivity contribution >= 4 is 44.5 Å². The van der Waals surface area contributed by atoms with Gasteiger partial charge in [0.2, 0.25) is 21.8 Å². The summed E-state index contributed by atoms with van der Waals surface area (Å²) in [6.07, 6.45) is 2.03. The van der Waals surface area contributed by atoms with Gasteiger partial charge in [-0.25, -0.2) is 26.6 Å². The molecule has 0 spiro atoms. The maximum atomic E-state index is 15.4. The Kier molecular flexibility index (Phi) is 14.7. The quantitative estimate of drug-likeness (QED) is 0.121. The highest BCUT2D eigenvalue weighted by Crippen LogP contribution is 2.58. The Morgan fingerprint density at radius 2 is 1.78 bits per heavy atom. The van der Waals surface area contributed by atoms with Crippen molar-refractivity contribution in [2.24, 2.45) is 29.1 Å². The number of rotatable bonds is 14. The molecule has 1 aromatic heterocycles. The zero-order valence-electron chi connectivity index (χ0n) is 40.1. The monoisotopic (exact) mass is 967 g/mol. The van der Waals surface area contributed by atoms with Gasteiger partial charge in [0, 0.05) is 35.9 Å². The Morgan fingerprint density at radius 3 is 2.43 bits per heavy atom. The number of hydrogen-bond donors (Lipinski definition) is 1. The van der Waals surface area contributed by atoms with Crippen LogP contribution in [0.3, 0.4) is 0 Å². The van der Waals surface area contributed by atoms with E-state index in [1.807, 2.05) is 26.0 Å². The topological polar surface area (TPSA) is 168 Å². The van der Waals surface area contributed by atoms with E-state index in [0.717, 1.165) is 13.8 Å². The first-order valence-electron chi connectivity index (χ1n) is 23.7. The van der Waals surface area contributed by atoms with E-state index in [9.17, 15) is 31.6 Å². The normalized spacial score (nSPS) is 26.9. The number of ketones is 1. The minimum atomic E-state index is -4.06. The highest BCUT2D eigenvalue weighted by molar-refractivity contribution is 7.91. The zero-order valence-corrected chi connectivity index (χ0v) is 40.9. The van der Waals surface area contributed by atoms with Crippen LogP contribution in [0, 0.1) is 34.9 Å². The molecule has 7 atom stereocenters. The van der Waals surface area contributed by atoms with Gasteiger partial charge in [-0.1, -0.05) is 32.4 Å². The molecule has 17 heteroatoms. The van der Waals surface area contributed by atoms with Crippen LogP contribution < -0.4 is 18.9 Å². The molecular weight excluding hydrogens is 904 g/mol. The lowest BCUT2D eigenvalue weighted by molar-refractivity contribution is -0.174. The van der Waals surface area contributed by atoms with Crippen molar-refractivity contribution in [2.75, 3.05) is 13.7 Å². The number of carbonyl (C=O) groups excluding carboxylic acids is 4. The highest BCUT2D eigenvalue weighted by atomic mass is 32.2. The van der Waals surface area contributed by atoms with Crippen molar-refractivity contribution in [3.8, 4) is 28.5 Å². The van der Waals surface area contributed by atoms with Gasteiger partial charge < -0.3 is 23.8 Å². The molecule has 2 aliphatic heterocycles. The maximum absolute atomic E-state index is 15.4. The van der Waals surface area contributed by atoms with Crippen molar-refractivity contribution in [1.82, 2.24) is 14.6 Å². The summed E-state index contributed by atoms with van der Waals surface area (Å²) in [6.45, 7) is 11.1. The molecule has 1 saturated heterocycles. The number of carbonyl (C=O) groups is 4. The third kappa shape index (κ3) is 10.8. The molecular formula is C51H64F3N3O10S. The molecule has 3 heterocycles. The molecule has 370 valence electrons. The van der Waals surface area contributed by atoms with E-state index in [2.05, 4.69) is 4.72 Å². The van der Waals surface area contributed by atoms with E-state index in [1.54, 1.807) is 51.1 Å². The molecule has 68 heavy (non-hydrogen) atoms. The van der Waals surface area contributed by atoms with Crippen molar-refractivity contribution in [2.45, 2.75) is 148 Å². The molecule has 2 amide bonds. The number of nitrogens with one attached hydrogen (secondary N) is 1. The fourth-order valence-corrected chi connectivity index (χ4v) is 11.0. The number of halogens is 3. The van der Waals surface area contributed by atoms with Crippen LogP contribution in [0.5, 0.6) is 17.2 Å². The Morgan fingerprint density at radius 1 is 1.04 bits per heavy atom. The van der Waals surface area contributed by atoms with Crippen LogP contribution >= 0.6 is 0 Å². The lowest BCUT2D eigenvalue weighted by atomic mass is 9.79. The number of hydrogen-bond acceptors (Lipinski definition) is 11. The molecule has 2 aliphatic carbocycles. The molecule has 3 aromatic rings. The minimum Gasteiger partial charge on any atom is -0.497 e. The lowest BCUT2D eigenvalue weighted by Gasteiger charge is -2.34. The number of sulfonamides is 1. The fourth-order valence-electron chi connectivity index (χ4n) is 9.64. The molecule has 0 radical (unpaired) electrons. The van der Waals surface area contributed by atoms with Gasteiger partial charge >= 0.3 is 5.97 Å². The Hall–Kier alpha value is -5.19. The second-order valence-corrected chi connectivity index (χ2v) is 22.6. The number of amides is 2. The molecule has 0 bridgehead atoms. The molecule has 3 fully saturated rings. The summed E-state index contributed by atoms with van der Waals surface area (Å²) in [7, 11) is -2.55. The first kappa shape index (κ1) is 50.7. The summed E-state index contributed by atoms with van der Waals surface area (Å²) in [4.78, 5) is 64.3. The van der Waals surface area contributed by atoms with Crippen molar-refractivity contribution in [1.29, 1.82) is 0 Å². The number of pyridine rings is 1. The Bertz CT molecular complexity index is 2560. The van der Waals surface area contributed by atoms with Gasteiger partial charge in [-0.15, -0.1) is 0 Å². The van der Waals surface area contributed by atoms with Crippen LogP contribution in [0.15, 0.2) is 54.6 Å². The number of alkyl halides is 2. The van der Waals surface area contributed by atoms with E-state index < -0.39 is 97.9 Å². The zero-order chi connectivity index (χ0) is 49.5. The van der Waals surface area contributed by atoms with Crippen LogP contribution in [0.2, 0.25) is 0 Å². The Labute approximate surface area is 396 Å². The maximum Gasteiger partial charge on any atom is 0.307 e. The molecule has 1 N–H and O–H groups in total. The number of esters is 1. The average molecular weight is 968 g/mol. The summed E-state index contributed by atoms with van der Waals surface area (Å²) in [5, 5.41) is 0.549. The van der Waals surface area contributed by atoms with Gasteiger partial charge in [-0.05, 0) is 121 Å². The third-order valence-corrected chi connectivity index (χ3v) is 16.4. The van der Waals surface area contributed by atoms with E-state index >= 15 is 9.18 Å². The number of allylic oxidation sites excluding steroid dienone is 2. The number of fused-ring (bicyclic) bond motifs is 3. The molecule has 4 aliphatic rings. The van der Waals surface area contributed by atoms with Crippen LogP contribution in [-0.2, 0) is 33.9 Å². The van der Waals surface area contributed by atoms with E-state index in [-0.39, 0.29) is 43.6 Å². The second-order valence-electron chi connectivity index (χ2n) is 20.4. The van der Waals surface area contributed by atoms with Crippen LogP contribution in [0.4, 0.5) is 13.2 Å². The average Bonchev–Trinajstić information content (AvgIpc) is 4.16. The van der Waals surface area contributed by atoms with Gasteiger partial charge in [0.25, 0.3) is 6.43 Å². The summed E-state index contributed by atoms with van der Waals surface area (Å²) >= 11 is 0. The van der Waals surface area contributed by atoms with Crippen molar-refractivity contribution in [3.63, 3.8) is 0 Å². The largest absolute Gasteiger partial charge is 0.497 e. The third-order valence-electron chi connectivity index (χ3n) is 14.3. The van der Waals surface area contributed by atoms with Crippen molar-refractivity contribution < 1.29 is 59.7 Å². The second kappa shape index (κ2) is 19.7. The van der Waals surface area contributed by atoms with Gasteiger partial charge in [0.1, 0.15) is 17.6 Å². The van der Waals surface area contributed by atoms with Crippen molar-refractivity contribution in [3.05, 3.63) is 60.4 Å². The molecule has 0 unspecified atom stereocenters. The standard InChI is InChI=1S/C51H64F3N3O10S/c1-9-31-20-30(4)12-10-11-13-33-26-51(33,48(61)56-68(62,63)50(7)18-19-50)27-42(58)41-23-35(28-57(41)46(60)37(31)24-45(59)67-49(5,6)47(53)54)66-44-25-39(55-40-22-34(64-8)15-16-36(40)44)32-14-17-43(38(52)21-32)65-29(2)3/h11,13-17,21-22,25,29-31,33,35,37,41,47H,9-10,12,18-20,23-24,26-28H2,1-8H3,(H,56,61)/b13-11-/t30-,31-,33-,35-,37+,41+,51-/m1/s1. The number of Topliss-reactive ketones (excluding diaryl/α,β-unsaturated/α-hetero) is 1. The van der Waals surface area contributed by atoms with Gasteiger partial charge in [0.05, 0.1) is 59.5 Å². The van der Waals surface area contributed by atoms with E-state index in [1.165, 1.54) is 24.1 Å². The van der Waals surface area contributed by atoms with Crippen LogP contribution in [-0.4, -0.2) is 90.5 Å². The minimum absolute atomic E-state index is 0.0440. The lowest BCUT2D eigenvalue weighted by Crippen LogP contribution is -2.48. The SMILES string of the molecule is CC[C@@H]1C[C@H](C)CC/C=C\[C@@H]2C[C@@]2(C(=O)NS(=O)(=O)C2(C)CC2)CC(=O)[C@@H]2C[C@@H](Oc3cc(-c4ccc(OC(C)C)c(F)c4)nc4cc(OC)ccc34)CN2C(=O)[C@H]1CC(=O)OC(C)(C)C(F)F. The molecule has 13 nitrogen and oxygen atoms in total. The van der Waals surface area contributed by atoms with Crippen LogP contribution in [0.25, 0.3) is 22.2 Å². The van der Waals surface area contributed by atoms with E-state index in [4.69, 9.17) is 23.9 Å².